The lowest BCUT2D eigenvalue weighted by molar-refractivity contribution is 0.0187. The van der Waals surface area contributed by atoms with Gasteiger partial charge >= 0.3 is 0 Å². The smallest absolute Gasteiger partial charge is 0.163 e. The minimum atomic E-state index is 0.270. The monoisotopic (exact) mass is 338 g/mol. The number of nitrogens with one attached hydrogen (secondary N) is 1. The first-order valence-corrected chi connectivity index (χ1v) is 8.56. The van der Waals surface area contributed by atoms with Crippen molar-refractivity contribution in [1.29, 1.82) is 0 Å². The van der Waals surface area contributed by atoms with E-state index in [4.69, 9.17) is 4.74 Å². The normalized spacial score (nSPS) is 16.8. The summed E-state index contributed by atoms with van der Waals surface area (Å²) in [7, 11) is 1.89. The second-order valence-electron chi connectivity index (χ2n) is 6.18. The van der Waals surface area contributed by atoms with Crippen molar-refractivity contribution in [1.82, 2.24) is 24.6 Å². The molecule has 3 aromatic rings. The maximum Gasteiger partial charge on any atom is 0.163 e. The number of nitrogens with zero attached hydrogens (tertiary/aromatic N) is 5. The van der Waals surface area contributed by atoms with E-state index in [0.29, 0.717) is 0 Å². The average molecular weight is 338 g/mol. The number of aromatic nitrogens is 4. The van der Waals surface area contributed by atoms with Gasteiger partial charge in [0, 0.05) is 26.7 Å². The Morgan fingerprint density at radius 2 is 1.96 bits per heavy atom. The summed E-state index contributed by atoms with van der Waals surface area (Å²) in [6.45, 7) is 4.21. The number of hydrogen-bond donors (Lipinski definition) is 1. The van der Waals surface area contributed by atoms with Crippen molar-refractivity contribution < 1.29 is 4.74 Å². The minimum Gasteiger partial charge on any atom is -0.379 e. The van der Waals surface area contributed by atoms with E-state index >= 15 is 0 Å². The first-order valence-electron chi connectivity index (χ1n) is 8.56. The van der Waals surface area contributed by atoms with Crippen molar-refractivity contribution in [2.75, 3.05) is 38.2 Å². The van der Waals surface area contributed by atoms with Gasteiger partial charge in [-0.1, -0.05) is 30.3 Å². The van der Waals surface area contributed by atoms with Crippen molar-refractivity contribution in [2.45, 2.75) is 6.04 Å². The summed E-state index contributed by atoms with van der Waals surface area (Å²) in [6, 6.07) is 10.9. The summed E-state index contributed by atoms with van der Waals surface area (Å²) in [5, 5.41) is 8.73. The quantitative estimate of drug-likeness (QED) is 0.766. The molecule has 1 N–H and O–H groups in total. The van der Waals surface area contributed by atoms with Crippen LogP contribution in [0.15, 0.2) is 42.9 Å². The van der Waals surface area contributed by atoms with Gasteiger partial charge in [0.1, 0.15) is 12.1 Å². The van der Waals surface area contributed by atoms with Crippen LogP contribution in [0.25, 0.3) is 11.0 Å². The molecule has 7 heteroatoms. The van der Waals surface area contributed by atoms with Crippen molar-refractivity contribution in [3.8, 4) is 0 Å². The van der Waals surface area contributed by atoms with E-state index in [0.717, 1.165) is 49.7 Å². The summed E-state index contributed by atoms with van der Waals surface area (Å²) < 4.78 is 7.28. The van der Waals surface area contributed by atoms with Crippen LogP contribution in [0, 0.1) is 0 Å². The van der Waals surface area contributed by atoms with Crippen molar-refractivity contribution in [3.63, 3.8) is 0 Å². The Hall–Kier alpha value is -2.51. The Kier molecular flexibility index (Phi) is 4.58. The van der Waals surface area contributed by atoms with Crippen molar-refractivity contribution in [3.05, 3.63) is 48.4 Å². The van der Waals surface area contributed by atoms with Crippen molar-refractivity contribution in [2.24, 2.45) is 7.05 Å². The standard InChI is InChI=1S/C18H22N6O/c1-23-18-15(11-22-23)17(20-13-21-18)19-12-16(14-5-3-2-4-6-14)24-7-9-25-10-8-24/h2-6,11,13,16H,7-10,12H2,1H3,(H,19,20,21). The average Bonchev–Trinajstić information content (AvgIpc) is 3.06. The van der Waals surface area contributed by atoms with Gasteiger partial charge in [0.25, 0.3) is 0 Å². The summed E-state index contributed by atoms with van der Waals surface area (Å²) in [4.78, 5) is 11.2. The number of anilines is 1. The number of morpholine rings is 1. The Morgan fingerprint density at radius 3 is 2.76 bits per heavy atom. The molecule has 7 nitrogen and oxygen atoms in total. The van der Waals surface area contributed by atoms with E-state index in [1.54, 1.807) is 11.0 Å². The largest absolute Gasteiger partial charge is 0.379 e. The minimum absolute atomic E-state index is 0.270. The van der Waals surface area contributed by atoms with Gasteiger partial charge in [-0.2, -0.15) is 5.10 Å². The van der Waals surface area contributed by atoms with Crippen LogP contribution in [-0.2, 0) is 11.8 Å². The molecule has 1 aliphatic heterocycles. The Bertz CT molecular complexity index is 828. The van der Waals surface area contributed by atoms with E-state index in [9.17, 15) is 0 Å². The summed E-state index contributed by atoms with van der Waals surface area (Å²) in [6.07, 6.45) is 3.39. The molecule has 1 saturated heterocycles. The molecule has 1 fully saturated rings. The van der Waals surface area contributed by atoms with Crippen LogP contribution in [0.2, 0.25) is 0 Å². The van der Waals surface area contributed by atoms with Gasteiger partial charge in [0.2, 0.25) is 0 Å². The zero-order valence-corrected chi connectivity index (χ0v) is 14.3. The van der Waals surface area contributed by atoms with E-state index in [1.807, 2.05) is 13.2 Å². The molecule has 0 spiro atoms. The van der Waals surface area contributed by atoms with Crippen molar-refractivity contribution >= 4 is 16.9 Å². The van der Waals surface area contributed by atoms with Gasteiger partial charge in [-0.05, 0) is 5.56 Å². The van der Waals surface area contributed by atoms with E-state index in [-0.39, 0.29) is 6.04 Å². The zero-order valence-electron chi connectivity index (χ0n) is 14.3. The molecule has 25 heavy (non-hydrogen) atoms. The predicted molar refractivity (Wildman–Crippen MR) is 96.4 cm³/mol. The number of fused-ring (bicyclic) bond motifs is 1. The zero-order chi connectivity index (χ0) is 17.1. The highest BCUT2D eigenvalue weighted by Gasteiger charge is 2.23. The molecule has 0 aliphatic carbocycles. The fourth-order valence-corrected chi connectivity index (χ4v) is 3.32. The number of benzene rings is 1. The number of rotatable bonds is 5. The fraction of sp³-hybridized carbons (Fsp3) is 0.389. The molecule has 0 bridgehead atoms. The van der Waals surface area contributed by atoms with Gasteiger partial charge in [0.15, 0.2) is 5.65 Å². The molecule has 4 rings (SSSR count). The summed E-state index contributed by atoms with van der Waals surface area (Å²) in [5.74, 6) is 0.826. The molecule has 130 valence electrons. The van der Waals surface area contributed by atoms with E-state index < -0.39 is 0 Å². The number of ether oxygens (including phenoxy) is 1. The molecule has 1 atom stereocenters. The predicted octanol–water partition coefficient (Wildman–Crippen LogP) is 1.85. The van der Waals surface area contributed by atoms with Crippen LogP contribution in [0.1, 0.15) is 11.6 Å². The van der Waals surface area contributed by atoms with Crippen LogP contribution >= 0.6 is 0 Å². The third-order valence-electron chi connectivity index (χ3n) is 4.66. The molecule has 1 aliphatic rings. The van der Waals surface area contributed by atoms with Gasteiger partial charge in [0.05, 0.1) is 30.8 Å². The Morgan fingerprint density at radius 1 is 1.16 bits per heavy atom. The molecule has 3 heterocycles. The third-order valence-corrected chi connectivity index (χ3v) is 4.66. The van der Waals surface area contributed by atoms with Crippen LogP contribution < -0.4 is 5.32 Å². The van der Waals surface area contributed by atoms with Crippen LogP contribution in [0.3, 0.4) is 0 Å². The van der Waals surface area contributed by atoms with Crippen LogP contribution in [0.4, 0.5) is 5.82 Å². The molecular weight excluding hydrogens is 316 g/mol. The lowest BCUT2D eigenvalue weighted by Gasteiger charge is -2.35. The molecule has 0 amide bonds. The van der Waals surface area contributed by atoms with Gasteiger partial charge < -0.3 is 10.1 Å². The molecule has 0 saturated carbocycles. The van der Waals surface area contributed by atoms with Crippen LogP contribution in [0.5, 0.6) is 0 Å². The second-order valence-corrected chi connectivity index (χ2v) is 6.18. The lowest BCUT2D eigenvalue weighted by Crippen LogP contribution is -2.41. The van der Waals surface area contributed by atoms with Gasteiger partial charge in [-0.25, -0.2) is 9.97 Å². The fourth-order valence-electron chi connectivity index (χ4n) is 3.32. The maximum atomic E-state index is 5.52. The van der Waals surface area contributed by atoms with Crippen LogP contribution in [-0.4, -0.2) is 57.5 Å². The van der Waals surface area contributed by atoms with E-state index in [1.165, 1.54) is 5.56 Å². The topological polar surface area (TPSA) is 68.1 Å². The molecule has 1 aromatic carbocycles. The molecule has 0 radical (unpaired) electrons. The highest BCUT2D eigenvalue weighted by Crippen LogP contribution is 2.24. The summed E-state index contributed by atoms with van der Waals surface area (Å²) in [5.41, 5.74) is 2.13. The molecule has 1 unspecified atom stereocenters. The first-order chi connectivity index (χ1) is 12.3. The molecular formula is C18H22N6O. The van der Waals surface area contributed by atoms with Gasteiger partial charge in [-0.15, -0.1) is 0 Å². The highest BCUT2D eigenvalue weighted by atomic mass is 16.5. The molecule has 2 aromatic heterocycles. The lowest BCUT2D eigenvalue weighted by atomic mass is 10.0. The number of aryl methyl sites for hydroxylation is 1. The first kappa shape index (κ1) is 16.0. The Labute approximate surface area is 146 Å². The van der Waals surface area contributed by atoms with E-state index in [2.05, 4.69) is 55.6 Å². The maximum absolute atomic E-state index is 5.52. The Balaban J connectivity index is 1.58. The SMILES string of the molecule is Cn1ncc2c(NCC(c3ccccc3)N3CCOCC3)ncnc21. The second kappa shape index (κ2) is 7.16. The van der Waals surface area contributed by atoms with Gasteiger partial charge in [-0.3, -0.25) is 9.58 Å². The third kappa shape index (κ3) is 3.33. The highest BCUT2D eigenvalue weighted by molar-refractivity contribution is 5.85. The number of hydrogen-bond acceptors (Lipinski definition) is 6. The summed E-state index contributed by atoms with van der Waals surface area (Å²) >= 11 is 0.